The summed E-state index contributed by atoms with van der Waals surface area (Å²) in [6.07, 6.45) is 1.39. The van der Waals surface area contributed by atoms with E-state index in [1.165, 1.54) is 19.1 Å². The lowest BCUT2D eigenvalue weighted by Crippen LogP contribution is -2.34. The molecule has 0 spiro atoms. The molecule has 0 radical (unpaired) electrons. The topological polar surface area (TPSA) is 95.5 Å². The lowest BCUT2D eigenvalue weighted by atomic mass is 10.1. The molecule has 0 unspecified atom stereocenters. The average Bonchev–Trinajstić information content (AvgIpc) is 2.89. The Morgan fingerprint density at radius 3 is 2.59 bits per heavy atom. The van der Waals surface area contributed by atoms with Crippen LogP contribution in [0.15, 0.2) is 18.2 Å². The van der Waals surface area contributed by atoms with Crippen LogP contribution in [0.4, 0.5) is 10.1 Å². The molecule has 0 heterocycles. The first-order chi connectivity index (χ1) is 10.4. The molecule has 0 aromatic heterocycles. The van der Waals surface area contributed by atoms with Gasteiger partial charge >= 0.3 is 5.97 Å². The number of benzene rings is 1. The summed E-state index contributed by atoms with van der Waals surface area (Å²) in [5.41, 5.74) is 0.152. The number of rotatable bonds is 4. The number of aliphatic carboxylic acids is 1. The van der Waals surface area contributed by atoms with E-state index in [1.54, 1.807) is 0 Å². The number of nitrogens with one attached hydrogen (secondary N) is 2. The fourth-order valence-electron chi connectivity index (χ4n) is 2.58. The van der Waals surface area contributed by atoms with E-state index in [2.05, 4.69) is 10.6 Å². The molecule has 0 saturated heterocycles. The van der Waals surface area contributed by atoms with Gasteiger partial charge in [-0.15, -0.1) is 0 Å². The Labute approximate surface area is 126 Å². The number of halogens is 1. The fraction of sp³-hybridized carbons (Fsp3) is 0.400. The quantitative estimate of drug-likeness (QED) is 0.790. The number of carboxylic acids is 1. The van der Waals surface area contributed by atoms with Crippen LogP contribution in [0.1, 0.15) is 36.5 Å². The molecule has 3 N–H and O–H groups in total. The molecule has 2 atom stereocenters. The Morgan fingerprint density at radius 2 is 2.00 bits per heavy atom. The molecule has 1 saturated carbocycles. The zero-order chi connectivity index (χ0) is 16.3. The van der Waals surface area contributed by atoms with Crippen molar-refractivity contribution in [2.45, 2.75) is 32.2 Å². The van der Waals surface area contributed by atoms with Crippen LogP contribution < -0.4 is 10.6 Å². The van der Waals surface area contributed by atoms with Crippen molar-refractivity contribution in [3.8, 4) is 0 Å². The van der Waals surface area contributed by atoms with Crippen LogP contribution in [0.2, 0.25) is 0 Å². The van der Waals surface area contributed by atoms with E-state index in [0.717, 1.165) is 6.07 Å². The number of amides is 2. The van der Waals surface area contributed by atoms with Gasteiger partial charge in [0.15, 0.2) is 0 Å². The second-order valence-electron chi connectivity index (χ2n) is 5.39. The van der Waals surface area contributed by atoms with E-state index in [4.69, 9.17) is 5.11 Å². The summed E-state index contributed by atoms with van der Waals surface area (Å²) in [5.74, 6) is -2.98. The molecule has 1 aliphatic rings. The zero-order valence-corrected chi connectivity index (χ0v) is 12.1. The van der Waals surface area contributed by atoms with E-state index in [9.17, 15) is 18.8 Å². The predicted octanol–water partition coefficient (Wildman–Crippen LogP) is 1.77. The summed E-state index contributed by atoms with van der Waals surface area (Å²) in [6.45, 7) is 1.31. The summed E-state index contributed by atoms with van der Waals surface area (Å²) in [7, 11) is 0. The van der Waals surface area contributed by atoms with Crippen LogP contribution in [0.25, 0.3) is 0 Å². The number of hydrogen-bond donors (Lipinski definition) is 3. The third-order valence-corrected chi connectivity index (χ3v) is 3.65. The smallest absolute Gasteiger partial charge is 0.306 e. The first-order valence-electron chi connectivity index (χ1n) is 6.97. The second-order valence-corrected chi connectivity index (χ2v) is 5.39. The van der Waals surface area contributed by atoms with Crippen LogP contribution in [-0.2, 0) is 9.59 Å². The molecule has 2 rings (SSSR count). The molecule has 2 amide bonds. The number of hydrogen-bond acceptors (Lipinski definition) is 3. The van der Waals surface area contributed by atoms with Gasteiger partial charge in [0.1, 0.15) is 5.82 Å². The molecule has 0 aliphatic heterocycles. The summed E-state index contributed by atoms with van der Waals surface area (Å²) >= 11 is 0. The van der Waals surface area contributed by atoms with E-state index in [-0.39, 0.29) is 17.5 Å². The van der Waals surface area contributed by atoms with Crippen LogP contribution in [0.3, 0.4) is 0 Å². The summed E-state index contributed by atoms with van der Waals surface area (Å²) in [5, 5.41) is 14.1. The molecular weight excluding hydrogens is 291 g/mol. The van der Waals surface area contributed by atoms with E-state index < -0.39 is 23.6 Å². The van der Waals surface area contributed by atoms with Gasteiger partial charge in [0, 0.05) is 18.7 Å². The first kappa shape index (κ1) is 15.9. The second kappa shape index (κ2) is 6.55. The minimum Gasteiger partial charge on any atom is -0.481 e. The van der Waals surface area contributed by atoms with Gasteiger partial charge in [-0.2, -0.15) is 0 Å². The van der Waals surface area contributed by atoms with Gasteiger partial charge in [-0.25, -0.2) is 4.39 Å². The van der Waals surface area contributed by atoms with Crippen molar-refractivity contribution in [2.75, 3.05) is 5.32 Å². The lowest BCUT2D eigenvalue weighted by molar-refractivity contribution is -0.141. The van der Waals surface area contributed by atoms with E-state index in [1.807, 2.05) is 0 Å². The van der Waals surface area contributed by atoms with Gasteiger partial charge in [-0.05, 0) is 37.5 Å². The van der Waals surface area contributed by atoms with Gasteiger partial charge in [0.25, 0.3) is 5.91 Å². The number of carbonyl (C=O) groups is 3. The highest BCUT2D eigenvalue weighted by Crippen LogP contribution is 2.26. The maximum Gasteiger partial charge on any atom is 0.306 e. The van der Waals surface area contributed by atoms with Crippen molar-refractivity contribution in [1.29, 1.82) is 0 Å². The van der Waals surface area contributed by atoms with Crippen LogP contribution in [0.5, 0.6) is 0 Å². The van der Waals surface area contributed by atoms with Crippen LogP contribution >= 0.6 is 0 Å². The third-order valence-electron chi connectivity index (χ3n) is 3.65. The predicted molar refractivity (Wildman–Crippen MR) is 76.9 cm³/mol. The fourth-order valence-corrected chi connectivity index (χ4v) is 2.58. The van der Waals surface area contributed by atoms with Crippen LogP contribution in [-0.4, -0.2) is 28.9 Å². The molecule has 1 aliphatic carbocycles. The highest BCUT2D eigenvalue weighted by atomic mass is 19.1. The monoisotopic (exact) mass is 308 g/mol. The Balaban J connectivity index is 2.06. The SMILES string of the molecule is CC(=O)Nc1ccc(F)c(C(=O)N[C@@H]2CC[C@H](C(=O)O)C2)c1. The Hall–Kier alpha value is -2.44. The van der Waals surface area contributed by atoms with Crippen molar-refractivity contribution < 1.29 is 23.9 Å². The van der Waals surface area contributed by atoms with Crippen molar-refractivity contribution in [2.24, 2.45) is 5.92 Å². The normalized spacial score (nSPS) is 20.5. The molecular formula is C15H17FN2O4. The average molecular weight is 308 g/mol. The van der Waals surface area contributed by atoms with Crippen LogP contribution in [0, 0.1) is 11.7 Å². The summed E-state index contributed by atoms with van der Waals surface area (Å²) in [6, 6.07) is 3.45. The highest BCUT2D eigenvalue weighted by molar-refractivity contribution is 5.97. The molecule has 0 bridgehead atoms. The molecule has 118 valence electrons. The van der Waals surface area contributed by atoms with Crippen molar-refractivity contribution in [3.63, 3.8) is 0 Å². The lowest BCUT2D eigenvalue weighted by Gasteiger charge is -2.13. The van der Waals surface area contributed by atoms with Gasteiger partial charge in [-0.1, -0.05) is 0 Å². The molecule has 22 heavy (non-hydrogen) atoms. The highest BCUT2D eigenvalue weighted by Gasteiger charge is 2.31. The maximum absolute atomic E-state index is 13.8. The van der Waals surface area contributed by atoms with Crippen molar-refractivity contribution >= 4 is 23.5 Å². The number of anilines is 1. The summed E-state index contributed by atoms with van der Waals surface area (Å²) in [4.78, 5) is 34.0. The minimum atomic E-state index is -0.879. The minimum absolute atomic E-state index is 0.176. The molecule has 7 heteroatoms. The van der Waals surface area contributed by atoms with Gasteiger partial charge in [-0.3, -0.25) is 14.4 Å². The van der Waals surface area contributed by atoms with E-state index >= 15 is 0 Å². The van der Waals surface area contributed by atoms with Gasteiger partial charge in [0.05, 0.1) is 11.5 Å². The maximum atomic E-state index is 13.8. The third kappa shape index (κ3) is 3.81. The van der Waals surface area contributed by atoms with E-state index in [0.29, 0.717) is 24.9 Å². The summed E-state index contributed by atoms with van der Waals surface area (Å²) < 4.78 is 13.8. The zero-order valence-electron chi connectivity index (χ0n) is 12.1. The molecule has 1 aromatic rings. The number of carboxylic acid groups (broad SMARTS) is 1. The number of carbonyl (C=O) groups excluding carboxylic acids is 2. The Bertz CT molecular complexity index is 618. The van der Waals surface area contributed by atoms with Gasteiger partial charge in [0.2, 0.25) is 5.91 Å². The first-order valence-corrected chi connectivity index (χ1v) is 6.97. The molecule has 1 aromatic carbocycles. The largest absolute Gasteiger partial charge is 0.481 e. The Kier molecular flexibility index (Phi) is 4.75. The molecule has 1 fully saturated rings. The van der Waals surface area contributed by atoms with Crippen molar-refractivity contribution in [1.82, 2.24) is 5.32 Å². The standard InChI is InChI=1S/C15H17FN2O4/c1-8(19)17-11-4-5-13(16)12(7-11)14(20)18-10-3-2-9(6-10)15(21)22/h4-5,7,9-10H,2-3,6H2,1H3,(H,17,19)(H,18,20)(H,21,22)/t9-,10+/m0/s1. The molecule has 6 nitrogen and oxygen atoms in total. The Morgan fingerprint density at radius 1 is 1.27 bits per heavy atom. The van der Waals surface area contributed by atoms with Gasteiger partial charge < -0.3 is 15.7 Å². The van der Waals surface area contributed by atoms with Crippen molar-refractivity contribution in [3.05, 3.63) is 29.6 Å².